The van der Waals surface area contributed by atoms with Crippen LogP contribution in [0.3, 0.4) is 0 Å². The Bertz CT molecular complexity index is 413. The van der Waals surface area contributed by atoms with Gasteiger partial charge in [0.1, 0.15) is 6.10 Å². The first-order valence-corrected chi connectivity index (χ1v) is 7.79. The second kappa shape index (κ2) is 7.01. The number of rotatable bonds is 5. The van der Waals surface area contributed by atoms with Gasteiger partial charge >= 0.3 is 5.97 Å². The van der Waals surface area contributed by atoms with Gasteiger partial charge in [0.05, 0.1) is 12.3 Å². The van der Waals surface area contributed by atoms with Gasteiger partial charge in [-0.3, -0.25) is 0 Å². The minimum Gasteiger partial charge on any atom is -0.461 e. The Labute approximate surface area is 118 Å². The normalized spacial score (nSPS) is 18.2. The smallest absolute Gasteiger partial charge is 0.367 e. The van der Waals surface area contributed by atoms with Gasteiger partial charge in [0.2, 0.25) is 5.01 Å². The number of esters is 1. The van der Waals surface area contributed by atoms with Gasteiger partial charge < -0.3 is 9.47 Å². The van der Waals surface area contributed by atoms with Crippen molar-refractivity contribution in [3.63, 3.8) is 0 Å². The molecular formula is C14H21NO3S. The van der Waals surface area contributed by atoms with E-state index in [1.54, 1.807) is 14.0 Å². The van der Waals surface area contributed by atoms with E-state index in [1.165, 1.54) is 43.4 Å². The van der Waals surface area contributed by atoms with E-state index in [0.717, 1.165) is 5.69 Å². The van der Waals surface area contributed by atoms with E-state index in [4.69, 9.17) is 9.47 Å². The van der Waals surface area contributed by atoms with Crippen LogP contribution in [0.15, 0.2) is 5.38 Å². The van der Waals surface area contributed by atoms with Crippen molar-refractivity contribution in [1.29, 1.82) is 0 Å². The number of nitrogens with zero attached hydrogens (tertiary/aromatic N) is 1. The number of hydrogen-bond acceptors (Lipinski definition) is 5. The molecule has 0 amide bonds. The standard InChI is InChI=1S/C14H21NO3S/c1-3-18-14(16)13-15-11(9-19-13)12(17-2)10-7-5-4-6-8-10/h9-10,12H,3-8H2,1-2H3. The van der Waals surface area contributed by atoms with Crippen molar-refractivity contribution >= 4 is 17.3 Å². The molecule has 0 saturated heterocycles. The largest absolute Gasteiger partial charge is 0.461 e. The summed E-state index contributed by atoms with van der Waals surface area (Å²) in [6.45, 7) is 2.18. The number of hydrogen-bond donors (Lipinski definition) is 0. The van der Waals surface area contributed by atoms with Gasteiger partial charge in [-0.2, -0.15) is 0 Å². The van der Waals surface area contributed by atoms with Gasteiger partial charge in [0.15, 0.2) is 0 Å². The predicted molar refractivity (Wildman–Crippen MR) is 74.4 cm³/mol. The summed E-state index contributed by atoms with van der Waals surface area (Å²) in [5.41, 5.74) is 0.877. The van der Waals surface area contributed by atoms with Crippen LogP contribution in [0.25, 0.3) is 0 Å². The van der Waals surface area contributed by atoms with Crippen LogP contribution >= 0.6 is 11.3 Å². The maximum atomic E-state index is 11.6. The first kappa shape index (κ1) is 14.5. The Morgan fingerprint density at radius 3 is 2.84 bits per heavy atom. The average Bonchev–Trinajstić information content (AvgIpc) is 2.91. The van der Waals surface area contributed by atoms with Crippen LogP contribution < -0.4 is 0 Å². The van der Waals surface area contributed by atoms with Crippen LogP contribution in [0, 0.1) is 5.92 Å². The van der Waals surface area contributed by atoms with Gasteiger partial charge in [-0.25, -0.2) is 9.78 Å². The summed E-state index contributed by atoms with van der Waals surface area (Å²) in [4.78, 5) is 16.0. The molecule has 0 spiro atoms. The molecule has 0 aliphatic heterocycles. The zero-order chi connectivity index (χ0) is 13.7. The number of thiazole rings is 1. The molecule has 0 radical (unpaired) electrons. The van der Waals surface area contributed by atoms with Gasteiger partial charge in [0, 0.05) is 12.5 Å². The van der Waals surface area contributed by atoms with Crippen molar-refractivity contribution < 1.29 is 14.3 Å². The molecule has 0 N–H and O–H groups in total. The molecular weight excluding hydrogens is 262 g/mol. The number of carbonyl (C=O) groups excluding carboxylic acids is 1. The summed E-state index contributed by atoms with van der Waals surface area (Å²) >= 11 is 1.34. The van der Waals surface area contributed by atoms with Crippen molar-refractivity contribution in [3.8, 4) is 0 Å². The minimum atomic E-state index is -0.336. The zero-order valence-corrected chi connectivity index (χ0v) is 12.4. The second-order valence-electron chi connectivity index (χ2n) is 4.85. The molecule has 1 saturated carbocycles. The van der Waals surface area contributed by atoms with E-state index in [-0.39, 0.29) is 12.1 Å². The Balaban J connectivity index is 2.08. The van der Waals surface area contributed by atoms with Crippen LogP contribution in [-0.4, -0.2) is 24.7 Å². The first-order valence-electron chi connectivity index (χ1n) is 6.91. The summed E-state index contributed by atoms with van der Waals surface area (Å²) in [6, 6.07) is 0. The van der Waals surface area contributed by atoms with Crippen LogP contribution in [0.5, 0.6) is 0 Å². The molecule has 0 bridgehead atoms. The molecule has 19 heavy (non-hydrogen) atoms. The topological polar surface area (TPSA) is 48.4 Å². The van der Waals surface area contributed by atoms with Gasteiger partial charge in [-0.05, 0) is 25.7 Å². The Kier molecular flexibility index (Phi) is 5.34. The fourth-order valence-corrected chi connectivity index (χ4v) is 3.43. The fraction of sp³-hybridized carbons (Fsp3) is 0.714. The lowest BCUT2D eigenvalue weighted by Gasteiger charge is -2.28. The third kappa shape index (κ3) is 3.54. The lowest BCUT2D eigenvalue weighted by molar-refractivity contribution is 0.0323. The third-order valence-corrected chi connectivity index (χ3v) is 4.44. The molecule has 1 unspecified atom stereocenters. The average molecular weight is 283 g/mol. The summed E-state index contributed by atoms with van der Waals surface area (Å²) in [6.07, 6.45) is 6.23. The highest BCUT2D eigenvalue weighted by atomic mass is 32.1. The molecule has 1 fully saturated rings. The summed E-state index contributed by atoms with van der Waals surface area (Å²) in [5, 5.41) is 2.35. The maximum Gasteiger partial charge on any atom is 0.367 e. The van der Waals surface area contributed by atoms with Crippen molar-refractivity contribution in [3.05, 3.63) is 16.1 Å². The van der Waals surface area contributed by atoms with Crippen molar-refractivity contribution in [2.45, 2.75) is 45.1 Å². The fourth-order valence-electron chi connectivity index (χ4n) is 2.70. The molecule has 1 aliphatic rings. The highest BCUT2D eigenvalue weighted by molar-refractivity contribution is 7.11. The van der Waals surface area contributed by atoms with Crippen LogP contribution in [0.2, 0.25) is 0 Å². The quantitative estimate of drug-likeness (QED) is 0.775. The second-order valence-corrected chi connectivity index (χ2v) is 5.71. The minimum absolute atomic E-state index is 0.0136. The molecule has 1 atom stereocenters. The molecule has 0 aromatic carbocycles. The summed E-state index contributed by atoms with van der Waals surface area (Å²) < 4.78 is 10.6. The predicted octanol–water partition coefficient (Wildman–Crippen LogP) is 3.59. The summed E-state index contributed by atoms with van der Waals surface area (Å²) in [5.74, 6) is 0.188. The van der Waals surface area contributed by atoms with E-state index in [1.807, 2.05) is 5.38 Å². The van der Waals surface area contributed by atoms with Gasteiger partial charge in [-0.15, -0.1) is 11.3 Å². The lowest BCUT2D eigenvalue weighted by Crippen LogP contribution is -2.18. The molecule has 1 heterocycles. The third-order valence-electron chi connectivity index (χ3n) is 3.60. The van der Waals surface area contributed by atoms with E-state index in [0.29, 0.717) is 17.5 Å². The molecule has 106 valence electrons. The number of carbonyl (C=O) groups is 1. The Morgan fingerprint density at radius 2 is 2.21 bits per heavy atom. The van der Waals surface area contributed by atoms with Gasteiger partial charge in [-0.1, -0.05) is 19.3 Å². The molecule has 1 aromatic rings. The SMILES string of the molecule is CCOC(=O)c1nc(C(OC)C2CCCCC2)cs1. The first-order chi connectivity index (χ1) is 9.26. The number of aromatic nitrogens is 1. The van der Waals surface area contributed by atoms with Crippen LogP contribution in [0.4, 0.5) is 0 Å². The van der Waals surface area contributed by atoms with E-state index in [2.05, 4.69) is 4.98 Å². The van der Waals surface area contributed by atoms with Gasteiger partial charge in [0.25, 0.3) is 0 Å². The van der Waals surface area contributed by atoms with Crippen molar-refractivity contribution in [1.82, 2.24) is 4.98 Å². The Morgan fingerprint density at radius 1 is 1.47 bits per heavy atom. The highest BCUT2D eigenvalue weighted by Gasteiger charge is 2.27. The number of methoxy groups -OCH3 is 1. The molecule has 1 aromatic heterocycles. The van der Waals surface area contributed by atoms with E-state index < -0.39 is 0 Å². The Hall–Kier alpha value is -0.940. The maximum absolute atomic E-state index is 11.6. The van der Waals surface area contributed by atoms with E-state index in [9.17, 15) is 4.79 Å². The summed E-state index contributed by atoms with van der Waals surface area (Å²) in [7, 11) is 1.72. The molecule has 2 rings (SSSR count). The molecule has 1 aliphatic carbocycles. The van der Waals surface area contributed by atoms with Crippen molar-refractivity contribution in [2.24, 2.45) is 5.92 Å². The zero-order valence-electron chi connectivity index (χ0n) is 11.6. The van der Waals surface area contributed by atoms with Crippen LogP contribution in [-0.2, 0) is 9.47 Å². The van der Waals surface area contributed by atoms with Crippen LogP contribution in [0.1, 0.15) is 60.6 Å². The highest BCUT2D eigenvalue weighted by Crippen LogP contribution is 2.36. The van der Waals surface area contributed by atoms with E-state index >= 15 is 0 Å². The lowest BCUT2D eigenvalue weighted by atomic mass is 9.84. The molecule has 5 heteroatoms. The number of ether oxygens (including phenoxy) is 2. The monoisotopic (exact) mass is 283 g/mol. The molecule has 4 nitrogen and oxygen atoms in total. The van der Waals surface area contributed by atoms with Crippen molar-refractivity contribution in [2.75, 3.05) is 13.7 Å².